The second kappa shape index (κ2) is 8.26. The predicted octanol–water partition coefficient (Wildman–Crippen LogP) is 9.29. The third kappa shape index (κ3) is 3.10. The van der Waals surface area contributed by atoms with Crippen molar-refractivity contribution in [3.63, 3.8) is 0 Å². The van der Waals surface area contributed by atoms with Crippen molar-refractivity contribution in [1.29, 1.82) is 0 Å². The van der Waals surface area contributed by atoms with Crippen LogP contribution in [0.2, 0.25) is 0 Å². The predicted molar refractivity (Wildman–Crippen MR) is 170 cm³/mol. The second-order valence-corrected chi connectivity index (χ2v) is 10.7. The lowest BCUT2D eigenvalue weighted by Gasteiger charge is -2.11. The minimum Gasteiger partial charge on any atom is -0.309 e. The lowest BCUT2D eigenvalue weighted by Crippen LogP contribution is -2.03. The molecule has 0 saturated heterocycles. The molecule has 4 heteroatoms. The van der Waals surface area contributed by atoms with E-state index in [-0.39, 0.29) is 0 Å². The van der Waals surface area contributed by atoms with Crippen LogP contribution in [-0.2, 0) is 0 Å². The van der Waals surface area contributed by atoms with Crippen molar-refractivity contribution in [2.45, 2.75) is 6.92 Å². The Morgan fingerprint density at radius 1 is 0.463 bits per heavy atom. The van der Waals surface area contributed by atoms with E-state index in [0.717, 1.165) is 33.3 Å². The van der Waals surface area contributed by atoms with Crippen LogP contribution in [-0.4, -0.2) is 19.1 Å². The molecule has 0 aliphatic heterocycles. The van der Waals surface area contributed by atoms with Crippen molar-refractivity contribution < 1.29 is 0 Å². The highest BCUT2D eigenvalue weighted by Gasteiger charge is 2.19. The van der Waals surface area contributed by atoms with Gasteiger partial charge in [-0.05, 0) is 54.1 Å². The van der Waals surface area contributed by atoms with Gasteiger partial charge in [-0.15, -0.1) is 0 Å². The standard InChI is InChI=1S/C37H24N4/c1-23-26-11-4-7-15-31(26)39-37(38-23)41-34-21-18-24-10-2-3-12-27(24)36(34)30-20-19-25(22-35(30)41)40-32-16-8-5-13-28(32)29-14-6-9-17-33(29)40/h2-22H,1H3. The van der Waals surface area contributed by atoms with Crippen LogP contribution in [0.3, 0.4) is 0 Å². The first-order valence-electron chi connectivity index (χ1n) is 13.9. The minimum atomic E-state index is 0.691. The van der Waals surface area contributed by atoms with Gasteiger partial charge in [0.25, 0.3) is 0 Å². The summed E-state index contributed by atoms with van der Waals surface area (Å²) in [6, 6.07) is 45.4. The zero-order chi connectivity index (χ0) is 27.1. The summed E-state index contributed by atoms with van der Waals surface area (Å²) in [6.07, 6.45) is 0. The fourth-order valence-corrected chi connectivity index (χ4v) is 6.65. The fourth-order valence-electron chi connectivity index (χ4n) is 6.65. The lowest BCUT2D eigenvalue weighted by atomic mass is 10.0. The number of hydrogen-bond acceptors (Lipinski definition) is 2. The number of aryl methyl sites for hydroxylation is 1. The van der Waals surface area contributed by atoms with Gasteiger partial charge in [0.1, 0.15) is 0 Å². The molecule has 0 N–H and O–H groups in total. The number of rotatable bonds is 2. The maximum atomic E-state index is 5.10. The van der Waals surface area contributed by atoms with Crippen LogP contribution in [0.5, 0.6) is 0 Å². The molecular formula is C37H24N4. The van der Waals surface area contributed by atoms with E-state index in [1.165, 1.54) is 43.4 Å². The highest BCUT2D eigenvalue weighted by molar-refractivity contribution is 6.21. The Morgan fingerprint density at radius 3 is 1.90 bits per heavy atom. The Labute approximate surface area is 235 Å². The highest BCUT2D eigenvalue weighted by atomic mass is 15.2. The molecule has 0 aliphatic carbocycles. The lowest BCUT2D eigenvalue weighted by molar-refractivity contribution is 0.988. The Morgan fingerprint density at radius 2 is 1.12 bits per heavy atom. The summed E-state index contributed by atoms with van der Waals surface area (Å²) in [6.45, 7) is 2.07. The molecule has 9 aromatic rings. The summed E-state index contributed by atoms with van der Waals surface area (Å²) < 4.78 is 4.62. The van der Waals surface area contributed by atoms with E-state index in [2.05, 4.69) is 131 Å². The Balaban J connectivity index is 1.44. The van der Waals surface area contributed by atoms with Crippen molar-refractivity contribution >= 4 is 65.3 Å². The average molecular weight is 525 g/mol. The molecule has 0 spiro atoms. The van der Waals surface area contributed by atoms with Crippen molar-refractivity contribution in [3.8, 4) is 11.6 Å². The summed E-state index contributed by atoms with van der Waals surface area (Å²) in [4.78, 5) is 10.2. The number of fused-ring (bicyclic) bond motifs is 9. The number of nitrogens with zero attached hydrogens (tertiary/aromatic N) is 4. The van der Waals surface area contributed by atoms with Gasteiger partial charge in [0.15, 0.2) is 0 Å². The minimum absolute atomic E-state index is 0.691. The molecule has 0 fully saturated rings. The van der Waals surface area contributed by atoms with E-state index in [1.807, 2.05) is 12.1 Å². The maximum absolute atomic E-state index is 5.10. The molecule has 0 atom stereocenters. The van der Waals surface area contributed by atoms with Crippen LogP contribution < -0.4 is 0 Å². The first kappa shape index (κ1) is 22.3. The Bertz CT molecular complexity index is 2440. The zero-order valence-corrected chi connectivity index (χ0v) is 22.4. The van der Waals surface area contributed by atoms with Gasteiger partial charge in [-0.1, -0.05) is 91.0 Å². The number of benzene rings is 6. The summed E-state index contributed by atoms with van der Waals surface area (Å²) >= 11 is 0. The normalized spacial score (nSPS) is 12.0. The van der Waals surface area contributed by atoms with E-state index in [9.17, 15) is 0 Å². The maximum Gasteiger partial charge on any atom is 0.235 e. The molecule has 0 amide bonds. The Kier molecular flexibility index (Phi) is 4.50. The van der Waals surface area contributed by atoms with Crippen molar-refractivity contribution in [3.05, 3.63) is 133 Å². The van der Waals surface area contributed by atoms with E-state index >= 15 is 0 Å². The first-order chi connectivity index (χ1) is 20.3. The van der Waals surface area contributed by atoms with Crippen LogP contribution in [0.1, 0.15) is 5.69 Å². The average Bonchev–Trinajstić information content (AvgIpc) is 3.54. The quantitative estimate of drug-likeness (QED) is 0.226. The van der Waals surface area contributed by atoms with Crippen LogP contribution >= 0.6 is 0 Å². The van der Waals surface area contributed by atoms with E-state index in [4.69, 9.17) is 9.97 Å². The smallest absolute Gasteiger partial charge is 0.235 e. The van der Waals surface area contributed by atoms with Gasteiger partial charge in [-0.3, -0.25) is 4.57 Å². The summed E-state index contributed by atoms with van der Waals surface area (Å²) in [5.74, 6) is 0.691. The molecule has 4 nitrogen and oxygen atoms in total. The van der Waals surface area contributed by atoms with Crippen molar-refractivity contribution in [2.75, 3.05) is 0 Å². The third-order valence-corrected chi connectivity index (χ3v) is 8.46. The van der Waals surface area contributed by atoms with Crippen LogP contribution in [0.15, 0.2) is 127 Å². The van der Waals surface area contributed by atoms with E-state index in [0.29, 0.717) is 5.95 Å². The van der Waals surface area contributed by atoms with E-state index in [1.54, 1.807) is 0 Å². The van der Waals surface area contributed by atoms with Crippen LogP contribution in [0.4, 0.5) is 0 Å². The molecule has 192 valence electrons. The third-order valence-electron chi connectivity index (χ3n) is 8.46. The molecule has 3 aromatic heterocycles. The van der Waals surface area contributed by atoms with Crippen molar-refractivity contribution in [1.82, 2.24) is 19.1 Å². The van der Waals surface area contributed by atoms with Gasteiger partial charge < -0.3 is 4.57 Å². The first-order valence-corrected chi connectivity index (χ1v) is 13.9. The van der Waals surface area contributed by atoms with E-state index < -0.39 is 0 Å². The molecule has 3 heterocycles. The fraction of sp³-hybridized carbons (Fsp3) is 0.0270. The summed E-state index contributed by atoms with van der Waals surface area (Å²) in [5.41, 5.74) is 7.61. The molecule has 9 rings (SSSR count). The molecule has 41 heavy (non-hydrogen) atoms. The van der Waals surface area contributed by atoms with Gasteiger partial charge in [-0.2, -0.15) is 0 Å². The number of hydrogen-bond donors (Lipinski definition) is 0. The zero-order valence-electron chi connectivity index (χ0n) is 22.4. The monoisotopic (exact) mass is 524 g/mol. The molecule has 6 aromatic carbocycles. The summed E-state index contributed by atoms with van der Waals surface area (Å²) in [5, 5.41) is 8.45. The topological polar surface area (TPSA) is 35.6 Å². The number of aromatic nitrogens is 4. The molecule has 0 radical (unpaired) electrons. The van der Waals surface area contributed by atoms with Crippen LogP contribution in [0, 0.1) is 6.92 Å². The van der Waals surface area contributed by atoms with Gasteiger partial charge in [0, 0.05) is 32.6 Å². The number of para-hydroxylation sites is 3. The molecule has 0 unspecified atom stereocenters. The van der Waals surface area contributed by atoms with Gasteiger partial charge >= 0.3 is 0 Å². The van der Waals surface area contributed by atoms with Gasteiger partial charge in [0.2, 0.25) is 5.95 Å². The summed E-state index contributed by atoms with van der Waals surface area (Å²) in [7, 11) is 0. The Hall–Kier alpha value is -5.48. The molecule has 0 saturated carbocycles. The van der Waals surface area contributed by atoms with Crippen LogP contribution in [0.25, 0.3) is 76.9 Å². The highest BCUT2D eigenvalue weighted by Crippen LogP contribution is 2.39. The SMILES string of the molecule is Cc1nc(-n2c3cc(-n4c5ccccc5c5ccccc54)ccc3c3c4ccccc4ccc32)nc2ccccc12. The molecule has 0 aliphatic rings. The van der Waals surface area contributed by atoms with Gasteiger partial charge in [-0.25, -0.2) is 9.97 Å². The van der Waals surface area contributed by atoms with Crippen molar-refractivity contribution in [2.24, 2.45) is 0 Å². The van der Waals surface area contributed by atoms with Gasteiger partial charge in [0.05, 0.1) is 33.3 Å². The molecular weight excluding hydrogens is 500 g/mol. The largest absolute Gasteiger partial charge is 0.309 e. The molecule has 0 bridgehead atoms. The second-order valence-electron chi connectivity index (χ2n) is 10.7.